The first kappa shape index (κ1) is 49.1. The van der Waals surface area contributed by atoms with Gasteiger partial charge in [-0.25, -0.2) is 0 Å². The van der Waals surface area contributed by atoms with Crippen LogP contribution in [0.1, 0.15) is 158 Å². The molecule has 47 heavy (non-hydrogen) atoms. The Kier molecular flexibility index (Phi) is 31.9. The summed E-state index contributed by atoms with van der Waals surface area (Å²) >= 11 is 29.1. The molecule has 0 aromatic heterocycles. The van der Waals surface area contributed by atoms with Crippen LogP contribution >= 0.6 is 57.5 Å². The van der Waals surface area contributed by atoms with Crippen molar-refractivity contribution in [1.29, 1.82) is 0 Å². The zero-order valence-corrected chi connectivity index (χ0v) is 38.2. The molecule has 7 atom stereocenters. The van der Waals surface area contributed by atoms with Crippen LogP contribution in [0.3, 0.4) is 0 Å². The number of halogens is 1. The van der Waals surface area contributed by atoms with Gasteiger partial charge < -0.3 is 14.4 Å². The van der Waals surface area contributed by atoms with Crippen LogP contribution in [0.25, 0.3) is 0 Å². The number of nitrogens with one attached hydrogen (secondary N) is 1. The Bertz CT molecular complexity index is 871. The third-order valence-corrected chi connectivity index (χ3v) is 23.2. The van der Waals surface area contributed by atoms with Crippen molar-refractivity contribution in [1.82, 2.24) is 5.32 Å². The molecular weight excluding hydrogens is 736 g/mol. The third-order valence-electron chi connectivity index (χ3n) is 9.36. The summed E-state index contributed by atoms with van der Waals surface area (Å²) in [6.45, 7) is 19.8. The smallest absolute Gasteiger partial charge is 0.121 e. The SMILES string of the molecule is CCCCC(CC)COP(=S)(CC(CC)CCCC)SCNC(=S)C(Cl)CSP(=S)(CC(CC)CCCC)OCC(CC)CCCC. The van der Waals surface area contributed by atoms with E-state index in [1.165, 1.54) is 77.0 Å². The average Bonchev–Trinajstić information content (AvgIpc) is 3.07. The number of thiocarbonyl (C=S) groups is 1. The lowest BCUT2D eigenvalue weighted by Crippen LogP contribution is -2.31. The Morgan fingerprint density at radius 3 is 1.34 bits per heavy atom. The van der Waals surface area contributed by atoms with Gasteiger partial charge >= 0.3 is 0 Å². The highest BCUT2D eigenvalue weighted by Crippen LogP contribution is 2.63. The Morgan fingerprint density at radius 2 is 0.979 bits per heavy atom. The normalized spacial score (nSPS) is 17.7. The average molecular weight is 811 g/mol. The van der Waals surface area contributed by atoms with Gasteiger partial charge in [0.25, 0.3) is 0 Å². The van der Waals surface area contributed by atoms with Crippen LogP contribution in [0.2, 0.25) is 0 Å². The van der Waals surface area contributed by atoms with Gasteiger partial charge in [0.15, 0.2) is 0 Å². The summed E-state index contributed by atoms with van der Waals surface area (Å²) in [6, 6.07) is 0. The van der Waals surface area contributed by atoms with Crippen molar-refractivity contribution in [2.24, 2.45) is 23.7 Å². The summed E-state index contributed by atoms with van der Waals surface area (Å²) in [5.74, 6) is 3.73. The zero-order chi connectivity index (χ0) is 35.6. The van der Waals surface area contributed by atoms with Gasteiger partial charge in [0.2, 0.25) is 0 Å². The fourth-order valence-electron chi connectivity index (χ4n) is 5.55. The van der Waals surface area contributed by atoms with E-state index in [1.807, 2.05) is 0 Å². The van der Waals surface area contributed by atoms with Crippen molar-refractivity contribution >= 4 is 86.1 Å². The number of alkyl halides is 1. The molecule has 0 aromatic carbocycles. The summed E-state index contributed by atoms with van der Waals surface area (Å²) < 4.78 is 13.5. The van der Waals surface area contributed by atoms with Crippen molar-refractivity contribution in [2.75, 3.05) is 37.2 Å². The predicted molar refractivity (Wildman–Crippen MR) is 234 cm³/mol. The van der Waals surface area contributed by atoms with E-state index in [9.17, 15) is 0 Å². The molecule has 0 spiro atoms. The Labute approximate surface area is 322 Å². The monoisotopic (exact) mass is 809 g/mol. The van der Waals surface area contributed by atoms with Crippen LogP contribution in [0.4, 0.5) is 0 Å². The lowest BCUT2D eigenvalue weighted by atomic mass is 10.0. The van der Waals surface area contributed by atoms with E-state index in [0.717, 1.165) is 51.2 Å². The Morgan fingerprint density at radius 1 is 0.617 bits per heavy atom. The molecule has 0 radical (unpaired) electrons. The quantitative estimate of drug-likeness (QED) is 0.0304. The summed E-state index contributed by atoms with van der Waals surface area (Å²) in [5, 5.41) is 3.19. The molecule has 0 aliphatic rings. The molecule has 7 unspecified atom stereocenters. The van der Waals surface area contributed by atoms with Crippen LogP contribution in [0, 0.1) is 23.7 Å². The number of rotatable bonds is 33. The molecule has 282 valence electrons. The maximum absolute atomic E-state index is 6.97. The highest BCUT2D eigenvalue weighted by Gasteiger charge is 2.28. The van der Waals surface area contributed by atoms with Crippen LogP contribution in [-0.2, 0) is 32.7 Å². The largest absolute Gasteiger partial charge is 0.369 e. The van der Waals surface area contributed by atoms with Crippen LogP contribution < -0.4 is 5.32 Å². The molecule has 0 amide bonds. The van der Waals surface area contributed by atoms with Crippen LogP contribution in [-0.4, -0.2) is 47.5 Å². The molecule has 0 fully saturated rings. The van der Waals surface area contributed by atoms with E-state index in [2.05, 4.69) is 60.7 Å². The van der Waals surface area contributed by atoms with Gasteiger partial charge in [0, 0.05) is 18.1 Å². The Balaban J connectivity index is 5.44. The Hall–Kier alpha value is 2.10. The summed E-state index contributed by atoms with van der Waals surface area (Å²) in [5.41, 5.74) is -4.17. The molecule has 0 aliphatic carbocycles. The van der Waals surface area contributed by atoms with Gasteiger partial charge in [-0.05, 0) is 49.4 Å². The van der Waals surface area contributed by atoms with Crippen molar-refractivity contribution in [3.8, 4) is 0 Å². The van der Waals surface area contributed by atoms with E-state index in [-0.39, 0.29) is 5.38 Å². The van der Waals surface area contributed by atoms with Crippen molar-refractivity contribution in [2.45, 2.75) is 164 Å². The topological polar surface area (TPSA) is 30.5 Å². The maximum Gasteiger partial charge on any atom is 0.121 e. The molecule has 0 aromatic rings. The van der Waals surface area contributed by atoms with Crippen molar-refractivity contribution < 1.29 is 9.05 Å². The molecule has 3 nitrogen and oxygen atoms in total. The minimum Gasteiger partial charge on any atom is -0.369 e. The second-order valence-electron chi connectivity index (χ2n) is 13.4. The van der Waals surface area contributed by atoms with Crippen molar-refractivity contribution in [3.63, 3.8) is 0 Å². The lowest BCUT2D eigenvalue weighted by molar-refractivity contribution is 0.255. The first-order valence-electron chi connectivity index (χ1n) is 19.2. The predicted octanol–water partition coefficient (Wildman–Crippen LogP) is 14.5. The fourth-order valence-corrected chi connectivity index (χ4v) is 18.2. The van der Waals surface area contributed by atoms with Gasteiger partial charge in [-0.15, -0.1) is 11.6 Å². The molecule has 0 saturated heterocycles. The van der Waals surface area contributed by atoms with Gasteiger partial charge in [-0.2, -0.15) is 0 Å². The maximum atomic E-state index is 6.97. The zero-order valence-electron chi connectivity index (χ0n) is 31.6. The van der Waals surface area contributed by atoms with Crippen LogP contribution in [0.5, 0.6) is 0 Å². The molecule has 0 rings (SSSR count). The molecular formula is C36H74ClNO2P2S5. The second-order valence-corrected chi connectivity index (χ2v) is 29.2. The number of unbranched alkanes of at least 4 members (excludes halogenated alkanes) is 4. The minimum atomic E-state index is -2.09. The summed E-state index contributed by atoms with van der Waals surface area (Å²) in [4.78, 5) is 0.689. The summed E-state index contributed by atoms with van der Waals surface area (Å²) in [6.07, 6.45) is 21.4. The highest BCUT2D eigenvalue weighted by molar-refractivity contribution is 8.69. The van der Waals surface area contributed by atoms with E-state index >= 15 is 0 Å². The molecule has 1 N–H and O–H groups in total. The second kappa shape index (κ2) is 30.6. The van der Waals surface area contributed by atoms with E-state index < -0.39 is 10.9 Å². The fraction of sp³-hybridized carbons (Fsp3) is 0.972. The molecule has 0 bridgehead atoms. The molecule has 11 heteroatoms. The van der Waals surface area contributed by atoms with Crippen LogP contribution in [0.15, 0.2) is 0 Å². The standard InChI is InChI=1S/C36H74ClNO2P2S5/c1-9-17-21-31(13-5)25-39-41(44,27-33(15-7)23-19-11-3)46-29-35(37)36(43)38-30-47-42(45,28-34(16-8)24-20-12-4)40-26-32(14-6)22-18-10-2/h31-35H,9-30H2,1-8H3,(H,38,43). The van der Waals surface area contributed by atoms with Gasteiger partial charge in [0.05, 0.1) is 29.5 Å². The number of hydrogen-bond donors (Lipinski definition) is 1. The molecule has 0 saturated carbocycles. The van der Waals surface area contributed by atoms with E-state index in [0.29, 0.717) is 40.3 Å². The lowest BCUT2D eigenvalue weighted by Gasteiger charge is -2.29. The highest BCUT2D eigenvalue weighted by atomic mass is 35.5. The first-order valence-corrected chi connectivity index (χ1v) is 29.0. The third kappa shape index (κ3) is 24.1. The van der Waals surface area contributed by atoms with Gasteiger partial charge in [-0.3, -0.25) is 0 Å². The van der Waals surface area contributed by atoms with E-state index in [4.69, 9.17) is 56.5 Å². The van der Waals surface area contributed by atoms with Gasteiger partial charge in [-0.1, -0.05) is 191 Å². The first-order chi connectivity index (χ1) is 22.5. The minimum absolute atomic E-state index is 0.287. The molecule has 0 aliphatic heterocycles. The van der Waals surface area contributed by atoms with Crippen molar-refractivity contribution in [3.05, 3.63) is 0 Å². The van der Waals surface area contributed by atoms with Gasteiger partial charge in [0.1, 0.15) is 10.9 Å². The van der Waals surface area contributed by atoms with E-state index in [1.54, 1.807) is 22.8 Å². The molecule has 0 heterocycles. The number of hydrogen-bond acceptors (Lipinski definition) is 7. The summed E-state index contributed by atoms with van der Waals surface area (Å²) in [7, 11) is 0.